The fourth-order valence-corrected chi connectivity index (χ4v) is 3.68. The van der Waals surface area contributed by atoms with E-state index >= 15 is 0 Å². The van der Waals surface area contributed by atoms with E-state index < -0.39 is 9.84 Å². The Morgan fingerprint density at radius 1 is 1.15 bits per heavy atom. The van der Waals surface area contributed by atoms with Crippen molar-refractivity contribution in [1.82, 2.24) is 4.90 Å². The van der Waals surface area contributed by atoms with E-state index in [2.05, 4.69) is 20.8 Å². The average molecular weight is 303 g/mol. The lowest BCUT2D eigenvalue weighted by molar-refractivity contribution is -0.134. The van der Waals surface area contributed by atoms with Gasteiger partial charge in [0, 0.05) is 19.0 Å². The van der Waals surface area contributed by atoms with Crippen molar-refractivity contribution in [2.24, 2.45) is 11.3 Å². The van der Waals surface area contributed by atoms with Crippen LogP contribution in [0.4, 0.5) is 0 Å². The quantitative estimate of drug-likeness (QED) is 0.733. The second-order valence-corrected chi connectivity index (χ2v) is 9.49. The van der Waals surface area contributed by atoms with Crippen LogP contribution in [0.2, 0.25) is 0 Å². The van der Waals surface area contributed by atoms with Crippen LogP contribution in [0.3, 0.4) is 0 Å². The molecule has 0 radical (unpaired) electrons. The molecular weight excluding hydrogens is 274 g/mol. The maximum Gasteiger partial charge on any atom is 0.225 e. The molecule has 1 unspecified atom stereocenters. The molecule has 1 aliphatic rings. The molecule has 1 aliphatic heterocycles. The zero-order chi connectivity index (χ0) is 15.4. The van der Waals surface area contributed by atoms with Crippen LogP contribution in [0.1, 0.15) is 53.4 Å². The number of hydrogen-bond donors (Lipinski definition) is 0. The summed E-state index contributed by atoms with van der Waals surface area (Å²) in [6.07, 6.45) is 4.29. The number of carbonyl (C=O) groups excluding carboxylic acids is 1. The lowest BCUT2D eigenvalue weighted by Gasteiger charge is -2.29. The Labute approximate surface area is 123 Å². The number of amides is 1. The summed E-state index contributed by atoms with van der Waals surface area (Å²) in [7, 11) is -2.91. The molecule has 0 aromatic carbocycles. The molecule has 0 N–H and O–H groups in total. The largest absolute Gasteiger partial charge is 0.340 e. The van der Waals surface area contributed by atoms with Gasteiger partial charge in [0.2, 0.25) is 5.91 Å². The maximum absolute atomic E-state index is 12.2. The normalized spacial score (nSPS) is 20.7. The first-order valence-corrected chi connectivity index (χ1v) is 9.42. The Morgan fingerprint density at radius 3 is 2.20 bits per heavy atom. The van der Waals surface area contributed by atoms with Gasteiger partial charge in [-0.05, 0) is 18.3 Å². The van der Waals surface area contributed by atoms with Crippen LogP contribution in [-0.4, -0.2) is 43.8 Å². The molecule has 0 aliphatic carbocycles. The predicted molar refractivity (Wildman–Crippen MR) is 82.3 cm³/mol. The first kappa shape index (κ1) is 17.5. The van der Waals surface area contributed by atoms with Crippen LogP contribution >= 0.6 is 0 Å². The molecule has 1 amide bonds. The minimum Gasteiger partial charge on any atom is -0.340 e. The molecule has 1 rings (SSSR count). The average Bonchev–Trinajstić information content (AvgIpc) is 2.32. The van der Waals surface area contributed by atoms with Crippen molar-refractivity contribution in [3.05, 3.63) is 0 Å². The monoisotopic (exact) mass is 303 g/mol. The second kappa shape index (κ2) is 6.92. The second-order valence-electron chi connectivity index (χ2n) is 7.18. The van der Waals surface area contributed by atoms with Gasteiger partial charge in [-0.2, -0.15) is 0 Å². The van der Waals surface area contributed by atoms with E-state index in [-0.39, 0.29) is 23.3 Å². The van der Waals surface area contributed by atoms with Crippen LogP contribution < -0.4 is 0 Å². The van der Waals surface area contributed by atoms with Crippen LogP contribution in [-0.2, 0) is 14.6 Å². The van der Waals surface area contributed by atoms with E-state index in [1.807, 2.05) is 6.92 Å². The zero-order valence-corrected chi connectivity index (χ0v) is 14.1. The molecule has 5 heteroatoms. The minimum atomic E-state index is -2.91. The topological polar surface area (TPSA) is 54.5 Å². The van der Waals surface area contributed by atoms with E-state index in [4.69, 9.17) is 0 Å². The zero-order valence-electron chi connectivity index (χ0n) is 13.3. The van der Waals surface area contributed by atoms with Gasteiger partial charge in [0.1, 0.15) is 0 Å². The molecule has 118 valence electrons. The van der Waals surface area contributed by atoms with Gasteiger partial charge >= 0.3 is 0 Å². The third kappa shape index (κ3) is 6.25. The molecule has 0 bridgehead atoms. The van der Waals surface area contributed by atoms with Crippen LogP contribution in [0.5, 0.6) is 0 Å². The van der Waals surface area contributed by atoms with Gasteiger partial charge in [-0.3, -0.25) is 4.79 Å². The molecule has 1 fully saturated rings. The fraction of sp³-hybridized carbons (Fsp3) is 0.933. The predicted octanol–water partition coefficient (Wildman–Crippen LogP) is 2.49. The third-order valence-corrected chi connectivity index (χ3v) is 5.50. The number of rotatable bonds is 5. The van der Waals surface area contributed by atoms with Gasteiger partial charge in [-0.25, -0.2) is 8.42 Å². The SMILES string of the molecule is CC(CCCCC(C)(C)C)C(=O)N1CCS(=O)(=O)CC1. The molecular formula is C15H29NO3S. The van der Waals surface area contributed by atoms with Crippen molar-refractivity contribution in [2.75, 3.05) is 24.6 Å². The molecule has 1 saturated heterocycles. The number of hydrogen-bond acceptors (Lipinski definition) is 3. The van der Waals surface area contributed by atoms with Crippen molar-refractivity contribution < 1.29 is 13.2 Å². The first-order valence-electron chi connectivity index (χ1n) is 7.60. The first-order chi connectivity index (χ1) is 9.11. The Morgan fingerprint density at radius 2 is 1.70 bits per heavy atom. The highest BCUT2D eigenvalue weighted by molar-refractivity contribution is 7.91. The summed E-state index contributed by atoms with van der Waals surface area (Å²) in [5.74, 6) is 0.372. The van der Waals surface area contributed by atoms with Gasteiger partial charge in [-0.1, -0.05) is 40.5 Å². The van der Waals surface area contributed by atoms with E-state index in [0.29, 0.717) is 18.5 Å². The van der Waals surface area contributed by atoms with E-state index in [0.717, 1.165) is 19.3 Å². The number of unbranched alkanes of at least 4 members (excludes halogenated alkanes) is 1. The van der Waals surface area contributed by atoms with Crippen molar-refractivity contribution >= 4 is 15.7 Å². The smallest absolute Gasteiger partial charge is 0.225 e. The molecule has 1 heterocycles. The summed E-state index contributed by atoms with van der Waals surface area (Å²) in [4.78, 5) is 13.9. The molecule has 1 atom stereocenters. The number of nitrogens with zero attached hydrogens (tertiary/aromatic N) is 1. The highest BCUT2D eigenvalue weighted by atomic mass is 32.2. The van der Waals surface area contributed by atoms with Crippen LogP contribution in [0, 0.1) is 11.3 Å². The van der Waals surface area contributed by atoms with Crippen molar-refractivity contribution in [1.29, 1.82) is 0 Å². The van der Waals surface area contributed by atoms with Gasteiger partial charge in [0.25, 0.3) is 0 Å². The van der Waals surface area contributed by atoms with Gasteiger partial charge < -0.3 is 4.90 Å². The lowest BCUT2D eigenvalue weighted by Crippen LogP contribution is -2.45. The highest BCUT2D eigenvalue weighted by Crippen LogP contribution is 2.23. The summed E-state index contributed by atoms with van der Waals surface area (Å²) in [6, 6.07) is 0. The van der Waals surface area contributed by atoms with Crippen molar-refractivity contribution in [3.8, 4) is 0 Å². The van der Waals surface area contributed by atoms with Crippen molar-refractivity contribution in [2.45, 2.75) is 53.4 Å². The lowest BCUT2D eigenvalue weighted by atomic mass is 9.88. The summed E-state index contributed by atoms with van der Waals surface area (Å²) in [5.41, 5.74) is 0.356. The summed E-state index contributed by atoms with van der Waals surface area (Å²) in [6.45, 7) is 9.39. The van der Waals surface area contributed by atoms with Crippen molar-refractivity contribution in [3.63, 3.8) is 0 Å². The Balaban J connectivity index is 2.29. The van der Waals surface area contributed by atoms with Gasteiger partial charge in [0.05, 0.1) is 11.5 Å². The molecule has 4 nitrogen and oxygen atoms in total. The number of sulfone groups is 1. The Kier molecular flexibility index (Phi) is 6.05. The summed E-state index contributed by atoms with van der Waals surface area (Å²) < 4.78 is 22.7. The fourth-order valence-electron chi connectivity index (χ4n) is 2.47. The highest BCUT2D eigenvalue weighted by Gasteiger charge is 2.27. The molecule has 0 saturated carbocycles. The molecule has 0 spiro atoms. The van der Waals surface area contributed by atoms with Gasteiger partial charge in [-0.15, -0.1) is 0 Å². The van der Waals surface area contributed by atoms with E-state index in [1.165, 1.54) is 6.42 Å². The van der Waals surface area contributed by atoms with E-state index in [1.54, 1.807) is 4.90 Å². The van der Waals surface area contributed by atoms with E-state index in [9.17, 15) is 13.2 Å². The third-order valence-electron chi connectivity index (χ3n) is 3.89. The van der Waals surface area contributed by atoms with Crippen LogP contribution in [0.15, 0.2) is 0 Å². The summed E-state index contributed by atoms with van der Waals surface area (Å²) in [5, 5.41) is 0. The minimum absolute atomic E-state index is 0.00997. The molecule has 0 aromatic rings. The maximum atomic E-state index is 12.2. The number of carbonyl (C=O) groups is 1. The van der Waals surface area contributed by atoms with Gasteiger partial charge in [0.15, 0.2) is 9.84 Å². The molecule has 0 aromatic heterocycles. The molecule has 20 heavy (non-hydrogen) atoms. The Hall–Kier alpha value is -0.580. The summed E-state index contributed by atoms with van der Waals surface area (Å²) >= 11 is 0. The standard InChI is InChI=1S/C15H29NO3S/c1-13(7-5-6-8-15(2,3)4)14(17)16-9-11-20(18,19)12-10-16/h13H,5-12H2,1-4H3. The van der Waals surface area contributed by atoms with Crippen LogP contribution in [0.25, 0.3) is 0 Å². The Bertz CT molecular complexity index is 409.